The van der Waals surface area contributed by atoms with Crippen molar-refractivity contribution in [2.45, 2.75) is 39.0 Å². The molecule has 0 radical (unpaired) electrons. The van der Waals surface area contributed by atoms with Crippen LogP contribution in [0, 0.1) is 6.92 Å². The molecular formula is C17H17Br2N. The Morgan fingerprint density at radius 2 is 2.00 bits per heavy atom. The molecule has 0 aliphatic heterocycles. The molecule has 3 rings (SSSR count). The van der Waals surface area contributed by atoms with Crippen molar-refractivity contribution < 1.29 is 0 Å². The van der Waals surface area contributed by atoms with Crippen LogP contribution in [0.1, 0.15) is 47.2 Å². The number of hydrogen-bond acceptors (Lipinski definition) is 1. The van der Waals surface area contributed by atoms with Gasteiger partial charge in [-0.3, -0.25) is 4.98 Å². The molecule has 1 nitrogen and oxygen atoms in total. The van der Waals surface area contributed by atoms with Crippen LogP contribution in [0.5, 0.6) is 0 Å². The van der Waals surface area contributed by atoms with Gasteiger partial charge in [0.05, 0.1) is 5.69 Å². The normalized spacial score (nSPS) is 17.9. The van der Waals surface area contributed by atoms with Gasteiger partial charge >= 0.3 is 0 Å². The summed E-state index contributed by atoms with van der Waals surface area (Å²) in [7, 11) is 0. The van der Waals surface area contributed by atoms with Gasteiger partial charge in [0, 0.05) is 21.1 Å². The average molecular weight is 395 g/mol. The van der Waals surface area contributed by atoms with Crippen LogP contribution in [0.15, 0.2) is 33.3 Å². The van der Waals surface area contributed by atoms with E-state index in [9.17, 15) is 0 Å². The second-order valence-corrected chi connectivity index (χ2v) is 7.25. The zero-order chi connectivity index (χ0) is 14.3. The highest BCUT2D eigenvalue weighted by Gasteiger charge is 2.22. The van der Waals surface area contributed by atoms with Crippen molar-refractivity contribution in [3.63, 3.8) is 0 Å². The van der Waals surface area contributed by atoms with Crippen LogP contribution in [0.25, 0.3) is 0 Å². The summed E-state index contributed by atoms with van der Waals surface area (Å²) < 4.78 is 2.36. The first-order chi connectivity index (χ1) is 9.58. The van der Waals surface area contributed by atoms with Crippen molar-refractivity contribution in [1.82, 2.24) is 4.98 Å². The molecule has 2 aromatic rings. The van der Waals surface area contributed by atoms with E-state index in [1.54, 1.807) is 0 Å². The summed E-state index contributed by atoms with van der Waals surface area (Å²) in [5, 5.41) is 0. The van der Waals surface area contributed by atoms with Gasteiger partial charge in [-0.1, -0.05) is 35.0 Å². The highest BCUT2D eigenvalue weighted by atomic mass is 79.9. The molecule has 20 heavy (non-hydrogen) atoms. The first-order valence-electron chi connectivity index (χ1n) is 7.00. The van der Waals surface area contributed by atoms with Crippen molar-refractivity contribution in [3.8, 4) is 0 Å². The van der Waals surface area contributed by atoms with Crippen LogP contribution >= 0.6 is 31.9 Å². The second-order valence-electron chi connectivity index (χ2n) is 5.54. The number of rotatable bonds is 0. The Kier molecular flexibility index (Phi) is 4.00. The van der Waals surface area contributed by atoms with E-state index < -0.39 is 0 Å². The molecule has 1 unspecified atom stereocenters. The number of benzene rings is 1. The fourth-order valence-electron chi connectivity index (χ4n) is 3.10. The zero-order valence-electron chi connectivity index (χ0n) is 11.7. The summed E-state index contributed by atoms with van der Waals surface area (Å²) in [4.78, 5) is 4.69. The predicted molar refractivity (Wildman–Crippen MR) is 90.4 cm³/mol. The monoisotopic (exact) mass is 393 g/mol. The fraction of sp³-hybridized carbons (Fsp3) is 0.353. The van der Waals surface area contributed by atoms with Gasteiger partial charge in [0.1, 0.15) is 0 Å². The molecule has 0 N–H and O–H groups in total. The molecule has 0 bridgehead atoms. The van der Waals surface area contributed by atoms with E-state index in [1.165, 1.54) is 38.8 Å². The Morgan fingerprint density at radius 3 is 2.80 bits per heavy atom. The summed E-state index contributed by atoms with van der Waals surface area (Å²) >= 11 is 7.32. The maximum absolute atomic E-state index is 4.69. The molecular weight excluding hydrogens is 378 g/mol. The molecule has 3 heteroatoms. The largest absolute Gasteiger partial charge is 0.259 e. The van der Waals surface area contributed by atoms with Crippen LogP contribution in [0.2, 0.25) is 0 Å². The van der Waals surface area contributed by atoms with E-state index in [4.69, 9.17) is 4.98 Å². The maximum Gasteiger partial charge on any atom is 0.0508 e. The minimum atomic E-state index is 0.352. The van der Waals surface area contributed by atoms with E-state index in [1.807, 2.05) is 6.20 Å². The lowest BCUT2D eigenvalue weighted by Crippen LogP contribution is -2.11. The molecule has 1 aromatic carbocycles. The third-order valence-electron chi connectivity index (χ3n) is 4.19. The minimum absolute atomic E-state index is 0.352. The zero-order valence-corrected chi connectivity index (χ0v) is 14.9. The van der Waals surface area contributed by atoms with Crippen molar-refractivity contribution in [3.05, 3.63) is 61.3 Å². The third kappa shape index (κ3) is 2.46. The number of hydrogen-bond donors (Lipinski definition) is 0. The Bertz CT molecular complexity index is 664. The van der Waals surface area contributed by atoms with Crippen LogP contribution in [0.4, 0.5) is 0 Å². The Hall–Kier alpha value is -0.670. The van der Waals surface area contributed by atoms with Gasteiger partial charge in [0.2, 0.25) is 0 Å². The molecule has 0 spiro atoms. The van der Waals surface area contributed by atoms with E-state index in [0.717, 1.165) is 17.3 Å². The molecule has 1 atom stereocenters. The quantitative estimate of drug-likeness (QED) is 0.570. The fourth-order valence-corrected chi connectivity index (χ4v) is 4.04. The SMILES string of the molecule is Cc1ccc2c(c1Br)CCCc1cc(Br)cnc1C2C. The number of halogens is 2. The van der Waals surface area contributed by atoms with Gasteiger partial charge in [0.25, 0.3) is 0 Å². The number of aryl methyl sites for hydroxylation is 2. The summed E-state index contributed by atoms with van der Waals surface area (Å²) in [5.41, 5.74) is 6.81. The summed E-state index contributed by atoms with van der Waals surface area (Å²) in [6.07, 6.45) is 5.33. The van der Waals surface area contributed by atoms with Gasteiger partial charge in [-0.15, -0.1) is 0 Å². The van der Waals surface area contributed by atoms with Gasteiger partial charge in [0.15, 0.2) is 0 Å². The summed E-state index contributed by atoms with van der Waals surface area (Å²) in [6.45, 7) is 4.43. The number of aromatic nitrogens is 1. The topological polar surface area (TPSA) is 12.9 Å². The predicted octanol–water partition coefficient (Wildman–Crippen LogP) is 5.56. The first-order valence-corrected chi connectivity index (χ1v) is 8.58. The molecule has 0 saturated heterocycles. The smallest absolute Gasteiger partial charge is 0.0508 e. The maximum atomic E-state index is 4.69. The summed E-state index contributed by atoms with van der Waals surface area (Å²) in [6, 6.07) is 6.71. The number of nitrogens with zero attached hydrogens (tertiary/aromatic N) is 1. The Morgan fingerprint density at radius 1 is 1.20 bits per heavy atom. The van der Waals surface area contributed by atoms with Gasteiger partial charge in [-0.05, 0) is 70.4 Å². The van der Waals surface area contributed by atoms with E-state index in [0.29, 0.717) is 5.92 Å². The van der Waals surface area contributed by atoms with E-state index in [-0.39, 0.29) is 0 Å². The Balaban J connectivity index is 2.18. The molecule has 1 heterocycles. The van der Waals surface area contributed by atoms with Crippen LogP contribution < -0.4 is 0 Å². The molecule has 0 amide bonds. The third-order valence-corrected chi connectivity index (χ3v) is 5.73. The molecule has 1 aliphatic carbocycles. The lowest BCUT2D eigenvalue weighted by Gasteiger charge is -2.24. The van der Waals surface area contributed by atoms with Crippen molar-refractivity contribution in [2.75, 3.05) is 0 Å². The standard InChI is InChI=1S/C17H17Br2N/c1-10-6-7-14-11(2)17-12(8-13(18)9-20-17)4-3-5-15(14)16(10)19/h6-9,11H,3-5H2,1-2H3. The van der Waals surface area contributed by atoms with Gasteiger partial charge in [-0.2, -0.15) is 0 Å². The van der Waals surface area contributed by atoms with Crippen LogP contribution in [-0.2, 0) is 12.8 Å². The second kappa shape index (κ2) is 5.61. The van der Waals surface area contributed by atoms with Gasteiger partial charge in [-0.25, -0.2) is 0 Å². The van der Waals surface area contributed by atoms with Crippen molar-refractivity contribution >= 4 is 31.9 Å². The van der Waals surface area contributed by atoms with E-state index in [2.05, 4.69) is 63.9 Å². The molecule has 1 aliphatic rings. The Labute approximate surface area is 137 Å². The minimum Gasteiger partial charge on any atom is -0.259 e. The average Bonchev–Trinajstić information content (AvgIpc) is 2.41. The number of fused-ring (bicyclic) bond motifs is 2. The molecule has 0 fully saturated rings. The first kappa shape index (κ1) is 14.3. The van der Waals surface area contributed by atoms with Gasteiger partial charge < -0.3 is 0 Å². The van der Waals surface area contributed by atoms with Crippen molar-refractivity contribution in [1.29, 1.82) is 0 Å². The highest BCUT2D eigenvalue weighted by Crippen LogP contribution is 2.37. The number of pyridine rings is 1. The van der Waals surface area contributed by atoms with Crippen LogP contribution in [-0.4, -0.2) is 4.98 Å². The van der Waals surface area contributed by atoms with E-state index >= 15 is 0 Å². The lowest BCUT2D eigenvalue weighted by molar-refractivity contribution is 0.730. The van der Waals surface area contributed by atoms with Crippen LogP contribution in [0.3, 0.4) is 0 Å². The lowest BCUT2D eigenvalue weighted by atomic mass is 9.84. The summed E-state index contributed by atoms with van der Waals surface area (Å²) in [5.74, 6) is 0.352. The molecule has 1 aromatic heterocycles. The van der Waals surface area contributed by atoms with Crippen molar-refractivity contribution in [2.24, 2.45) is 0 Å². The highest BCUT2D eigenvalue weighted by molar-refractivity contribution is 9.10. The molecule has 104 valence electrons. The molecule has 0 saturated carbocycles.